The first-order valence-corrected chi connectivity index (χ1v) is 8.24. The number of aryl methyl sites for hydroxylation is 1. The van der Waals surface area contributed by atoms with E-state index in [9.17, 15) is 9.59 Å². The van der Waals surface area contributed by atoms with Crippen LogP contribution in [0, 0.1) is 6.92 Å². The number of carbonyl (C=O) groups excluding carboxylic acids is 1. The molecule has 25 heavy (non-hydrogen) atoms. The normalized spacial score (nSPS) is 12.1. The molecule has 1 atom stereocenters. The van der Waals surface area contributed by atoms with Gasteiger partial charge in [0, 0.05) is 12.4 Å². The van der Waals surface area contributed by atoms with Crippen LogP contribution in [-0.2, 0) is 11.3 Å². The molecule has 3 rings (SSSR count). The molecule has 0 aliphatic carbocycles. The minimum atomic E-state index is -0.247. The zero-order valence-corrected chi connectivity index (χ0v) is 14.6. The van der Waals surface area contributed by atoms with E-state index in [-0.39, 0.29) is 24.1 Å². The van der Waals surface area contributed by atoms with Gasteiger partial charge in [-0.05, 0) is 25.5 Å². The summed E-state index contributed by atoms with van der Waals surface area (Å²) in [6.07, 6.45) is 1.62. The number of carbonyl (C=O) groups is 1. The molecule has 0 saturated heterocycles. The monoisotopic (exact) mass is 335 g/mol. The van der Waals surface area contributed by atoms with Crippen molar-refractivity contribution in [1.82, 2.24) is 14.7 Å². The molecule has 0 spiro atoms. The maximum absolute atomic E-state index is 12.6. The van der Waals surface area contributed by atoms with Crippen LogP contribution in [-0.4, -0.2) is 27.6 Å². The van der Waals surface area contributed by atoms with Crippen molar-refractivity contribution < 1.29 is 4.79 Å². The van der Waals surface area contributed by atoms with Gasteiger partial charge in [0.05, 0.1) is 17.6 Å². The van der Waals surface area contributed by atoms with Gasteiger partial charge in [-0.1, -0.05) is 48.0 Å². The summed E-state index contributed by atoms with van der Waals surface area (Å²) in [5.74, 6) is -0.155. The van der Waals surface area contributed by atoms with E-state index in [1.54, 1.807) is 24.2 Å². The van der Waals surface area contributed by atoms with Crippen LogP contribution in [0.1, 0.15) is 24.1 Å². The highest BCUT2D eigenvalue weighted by molar-refractivity contribution is 5.81. The number of aromatic nitrogens is 2. The van der Waals surface area contributed by atoms with Gasteiger partial charge in [-0.25, -0.2) is 4.68 Å². The zero-order valence-electron chi connectivity index (χ0n) is 14.6. The Hall–Kier alpha value is -2.95. The van der Waals surface area contributed by atoms with Crippen molar-refractivity contribution >= 4 is 16.7 Å². The second-order valence-electron chi connectivity index (χ2n) is 6.29. The van der Waals surface area contributed by atoms with Crippen molar-refractivity contribution in [2.24, 2.45) is 0 Å². The Morgan fingerprint density at radius 3 is 2.56 bits per heavy atom. The smallest absolute Gasteiger partial charge is 0.275 e. The Morgan fingerprint density at radius 2 is 1.84 bits per heavy atom. The van der Waals surface area contributed by atoms with Gasteiger partial charge in [-0.2, -0.15) is 5.10 Å². The molecular weight excluding hydrogens is 314 g/mol. The summed E-state index contributed by atoms with van der Waals surface area (Å²) in [4.78, 5) is 26.7. The Labute approximate surface area is 146 Å². The van der Waals surface area contributed by atoms with Gasteiger partial charge >= 0.3 is 0 Å². The average molecular weight is 335 g/mol. The number of fused-ring (bicyclic) bond motifs is 1. The van der Waals surface area contributed by atoms with Gasteiger partial charge < -0.3 is 4.90 Å². The van der Waals surface area contributed by atoms with Crippen LogP contribution in [0.4, 0.5) is 0 Å². The van der Waals surface area contributed by atoms with E-state index in [2.05, 4.69) is 5.10 Å². The van der Waals surface area contributed by atoms with Crippen LogP contribution in [0.3, 0.4) is 0 Å². The topological polar surface area (TPSA) is 55.2 Å². The van der Waals surface area contributed by atoms with E-state index in [1.807, 2.05) is 56.3 Å². The molecule has 0 fully saturated rings. The van der Waals surface area contributed by atoms with Crippen LogP contribution >= 0.6 is 0 Å². The van der Waals surface area contributed by atoms with E-state index in [0.29, 0.717) is 5.39 Å². The maximum atomic E-state index is 12.6. The third-order valence-corrected chi connectivity index (χ3v) is 4.58. The van der Waals surface area contributed by atoms with Crippen LogP contribution in [0.2, 0.25) is 0 Å². The molecule has 0 aliphatic rings. The first-order chi connectivity index (χ1) is 12.0. The molecule has 0 saturated carbocycles. The van der Waals surface area contributed by atoms with Crippen LogP contribution in [0.25, 0.3) is 10.8 Å². The van der Waals surface area contributed by atoms with Gasteiger partial charge in [-0.3, -0.25) is 9.59 Å². The molecule has 1 aromatic heterocycles. The highest BCUT2D eigenvalue weighted by Crippen LogP contribution is 2.19. The van der Waals surface area contributed by atoms with Crippen LogP contribution in [0.5, 0.6) is 0 Å². The van der Waals surface area contributed by atoms with Crippen molar-refractivity contribution in [3.05, 3.63) is 76.2 Å². The summed E-state index contributed by atoms with van der Waals surface area (Å²) in [6.45, 7) is 3.93. The van der Waals surface area contributed by atoms with Crippen molar-refractivity contribution in [3.63, 3.8) is 0 Å². The molecule has 3 aromatic rings. The molecule has 5 nitrogen and oxygen atoms in total. The predicted octanol–water partition coefficient (Wildman–Crippen LogP) is 2.92. The number of nitrogens with zero attached hydrogens (tertiary/aromatic N) is 3. The van der Waals surface area contributed by atoms with E-state index >= 15 is 0 Å². The minimum absolute atomic E-state index is 0.0730. The molecule has 2 aromatic carbocycles. The van der Waals surface area contributed by atoms with Crippen molar-refractivity contribution in [3.8, 4) is 0 Å². The summed E-state index contributed by atoms with van der Waals surface area (Å²) in [6, 6.07) is 15.3. The lowest BCUT2D eigenvalue weighted by Gasteiger charge is -2.25. The maximum Gasteiger partial charge on any atom is 0.275 e. The SMILES string of the molecule is Cc1ccc(C(C)N(C)C(=O)Cn2ncc3ccccc3c2=O)cc1. The predicted molar refractivity (Wildman–Crippen MR) is 98.4 cm³/mol. The molecule has 1 amide bonds. The molecule has 0 bridgehead atoms. The Bertz CT molecular complexity index is 961. The summed E-state index contributed by atoms with van der Waals surface area (Å²) in [5.41, 5.74) is 1.99. The lowest BCUT2D eigenvalue weighted by atomic mass is 10.1. The van der Waals surface area contributed by atoms with Crippen molar-refractivity contribution in [2.45, 2.75) is 26.4 Å². The summed E-state index contributed by atoms with van der Waals surface area (Å²) in [5, 5.41) is 5.47. The summed E-state index contributed by atoms with van der Waals surface area (Å²) < 4.78 is 1.23. The molecule has 5 heteroatoms. The largest absolute Gasteiger partial charge is 0.337 e. The van der Waals surface area contributed by atoms with Gasteiger partial charge in [-0.15, -0.1) is 0 Å². The van der Waals surface area contributed by atoms with Gasteiger partial charge in [0.15, 0.2) is 0 Å². The lowest BCUT2D eigenvalue weighted by molar-refractivity contribution is -0.132. The summed E-state index contributed by atoms with van der Waals surface area (Å²) >= 11 is 0. The summed E-state index contributed by atoms with van der Waals surface area (Å²) in [7, 11) is 1.75. The minimum Gasteiger partial charge on any atom is -0.337 e. The number of benzene rings is 2. The molecule has 1 unspecified atom stereocenters. The van der Waals surface area contributed by atoms with Gasteiger partial charge in [0.25, 0.3) is 5.56 Å². The fourth-order valence-corrected chi connectivity index (χ4v) is 2.76. The van der Waals surface area contributed by atoms with Crippen molar-refractivity contribution in [2.75, 3.05) is 7.05 Å². The molecule has 0 aliphatic heterocycles. The van der Waals surface area contributed by atoms with E-state index in [4.69, 9.17) is 0 Å². The quantitative estimate of drug-likeness (QED) is 0.737. The Morgan fingerprint density at radius 1 is 1.16 bits per heavy atom. The number of likely N-dealkylation sites (N-methyl/N-ethyl adjacent to an activating group) is 1. The average Bonchev–Trinajstić information content (AvgIpc) is 2.63. The number of hydrogen-bond donors (Lipinski definition) is 0. The lowest BCUT2D eigenvalue weighted by Crippen LogP contribution is -2.36. The van der Waals surface area contributed by atoms with E-state index in [0.717, 1.165) is 10.9 Å². The highest BCUT2D eigenvalue weighted by atomic mass is 16.2. The van der Waals surface area contributed by atoms with Gasteiger partial charge in [0.1, 0.15) is 6.54 Å². The molecule has 1 heterocycles. The van der Waals surface area contributed by atoms with Gasteiger partial charge in [0.2, 0.25) is 5.91 Å². The van der Waals surface area contributed by atoms with Crippen LogP contribution < -0.4 is 5.56 Å². The third kappa shape index (κ3) is 3.45. The van der Waals surface area contributed by atoms with E-state index in [1.165, 1.54) is 10.2 Å². The second kappa shape index (κ2) is 6.89. The first-order valence-electron chi connectivity index (χ1n) is 8.24. The fourth-order valence-electron chi connectivity index (χ4n) is 2.76. The molecular formula is C20H21N3O2. The Balaban J connectivity index is 1.80. The van der Waals surface area contributed by atoms with E-state index < -0.39 is 0 Å². The fraction of sp³-hybridized carbons (Fsp3) is 0.250. The first kappa shape index (κ1) is 16.9. The second-order valence-corrected chi connectivity index (χ2v) is 6.29. The number of rotatable bonds is 4. The molecule has 0 N–H and O–H groups in total. The zero-order chi connectivity index (χ0) is 18.0. The van der Waals surface area contributed by atoms with Crippen LogP contribution in [0.15, 0.2) is 59.5 Å². The highest BCUT2D eigenvalue weighted by Gasteiger charge is 2.18. The standard InChI is InChI=1S/C20H21N3O2/c1-14-8-10-16(11-9-14)15(2)22(3)19(24)13-23-20(25)18-7-5-4-6-17(18)12-21-23/h4-12,15H,13H2,1-3H3. The number of amides is 1. The molecule has 0 radical (unpaired) electrons. The molecule has 128 valence electrons. The third-order valence-electron chi connectivity index (χ3n) is 4.58. The number of hydrogen-bond acceptors (Lipinski definition) is 3. The Kier molecular flexibility index (Phi) is 4.65. The van der Waals surface area contributed by atoms with Crippen molar-refractivity contribution in [1.29, 1.82) is 0 Å².